The Morgan fingerprint density at radius 2 is 2.06 bits per heavy atom. The maximum absolute atomic E-state index is 5.81. The first kappa shape index (κ1) is 13.9. The highest BCUT2D eigenvalue weighted by atomic mass is 79.9. The molecule has 0 spiro atoms. The van der Waals surface area contributed by atoms with Gasteiger partial charge in [-0.3, -0.25) is 0 Å². The molecule has 5 heteroatoms. The van der Waals surface area contributed by atoms with E-state index in [1.165, 1.54) is 4.88 Å². The van der Waals surface area contributed by atoms with E-state index >= 15 is 0 Å². The van der Waals surface area contributed by atoms with E-state index in [1.54, 1.807) is 18.4 Å². The number of benzene rings is 1. The van der Waals surface area contributed by atoms with E-state index in [1.807, 2.05) is 23.6 Å². The summed E-state index contributed by atoms with van der Waals surface area (Å²) < 4.78 is 12.2. The highest BCUT2D eigenvalue weighted by Crippen LogP contribution is 2.30. The topological polar surface area (TPSA) is 18.5 Å². The summed E-state index contributed by atoms with van der Waals surface area (Å²) in [5, 5.41) is 2.85. The van der Waals surface area contributed by atoms with Crippen molar-refractivity contribution in [3.05, 3.63) is 44.6 Å². The lowest BCUT2D eigenvalue weighted by Gasteiger charge is -2.11. The molecule has 2 aromatic rings. The second kappa shape index (κ2) is 6.59. The lowest BCUT2D eigenvalue weighted by molar-refractivity contribution is 0.287. The summed E-state index contributed by atoms with van der Waals surface area (Å²) in [5.74, 6) is 1.54. The van der Waals surface area contributed by atoms with Gasteiger partial charge in [0.25, 0.3) is 0 Å². The van der Waals surface area contributed by atoms with E-state index in [2.05, 4.69) is 37.9 Å². The zero-order valence-corrected chi connectivity index (χ0v) is 13.8. The SMILES string of the molecule is COc1ccc(CBr)cc1OCc1cc(Br)cs1. The first-order valence-corrected chi connectivity index (χ1v) is 8.11. The first-order chi connectivity index (χ1) is 8.72. The third kappa shape index (κ3) is 3.49. The largest absolute Gasteiger partial charge is 0.493 e. The molecule has 0 aliphatic carbocycles. The first-order valence-electron chi connectivity index (χ1n) is 5.31. The van der Waals surface area contributed by atoms with Gasteiger partial charge >= 0.3 is 0 Å². The van der Waals surface area contributed by atoms with E-state index in [0.29, 0.717) is 6.61 Å². The lowest BCUT2D eigenvalue weighted by atomic mass is 10.2. The molecule has 18 heavy (non-hydrogen) atoms. The third-order valence-electron chi connectivity index (χ3n) is 2.37. The minimum Gasteiger partial charge on any atom is -0.493 e. The molecule has 0 saturated carbocycles. The minimum absolute atomic E-state index is 0.554. The van der Waals surface area contributed by atoms with Crippen LogP contribution in [0.5, 0.6) is 11.5 Å². The molecule has 0 saturated heterocycles. The Hall–Kier alpha value is -0.520. The smallest absolute Gasteiger partial charge is 0.162 e. The molecule has 0 amide bonds. The van der Waals surface area contributed by atoms with Crippen LogP contribution < -0.4 is 9.47 Å². The minimum atomic E-state index is 0.554. The van der Waals surface area contributed by atoms with Gasteiger partial charge in [-0.2, -0.15) is 0 Å². The summed E-state index contributed by atoms with van der Waals surface area (Å²) in [4.78, 5) is 1.17. The van der Waals surface area contributed by atoms with E-state index < -0.39 is 0 Å². The van der Waals surface area contributed by atoms with Crippen LogP contribution in [0, 0.1) is 0 Å². The molecule has 1 heterocycles. The zero-order chi connectivity index (χ0) is 13.0. The van der Waals surface area contributed by atoms with Crippen LogP contribution in [0.2, 0.25) is 0 Å². The number of halogens is 2. The fourth-order valence-electron chi connectivity index (χ4n) is 1.50. The molecule has 2 nitrogen and oxygen atoms in total. The van der Waals surface area contributed by atoms with Crippen molar-refractivity contribution < 1.29 is 9.47 Å². The highest BCUT2D eigenvalue weighted by Gasteiger charge is 2.06. The second-order valence-electron chi connectivity index (χ2n) is 3.64. The van der Waals surface area contributed by atoms with Gasteiger partial charge in [0.1, 0.15) is 6.61 Å². The van der Waals surface area contributed by atoms with Crippen LogP contribution in [-0.4, -0.2) is 7.11 Å². The second-order valence-corrected chi connectivity index (χ2v) is 6.11. The molecule has 0 unspecified atom stereocenters. The van der Waals surface area contributed by atoms with Crippen LogP contribution >= 0.6 is 43.2 Å². The van der Waals surface area contributed by atoms with Gasteiger partial charge in [0.15, 0.2) is 11.5 Å². The van der Waals surface area contributed by atoms with Crippen molar-refractivity contribution in [1.82, 2.24) is 0 Å². The van der Waals surface area contributed by atoms with Gasteiger partial charge in [-0.05, 0) is 39.7 Å². The van der Waals surface area contributed by atoms with Crippen molar-refractivity contribution in [3.8, 4) is 11.5 Å². The summed E-state index contributed by atoms with van der Waals surface area (Å²) in [5.41, 5.74) is 1.16. The maximum atomic E-state index is 5.81. The van der Waals surface area contributed by atoms with Crippen LogP contribution in [-0.2, 0) is 11.9 Å². The Bertz CT molecular complexity index is 525. The van der Waals surface area contributed by atoms with Gasteiger partial charge in [-0.15, -0.1) is 11.3 Å². The molecular formula is C13H12Br2O2S. The normalized spacial score (nSPS) is 10.4. The lowest BCUT2D eigenvalue weighted by Crippen LogP contribution is -1.96. The molecule has 2 rings (SSSR count). The van der Waals surface area contributed by atoms with Gasteiger partial charge in [-0.1, -0.05) is 22.0 Å². The molecule has 1 aromatic heterocycles. The number of alkyl halides is 1. The molecule has 0 radical (unpaired) electrons. The van der Waals surface area contributed by atoms with Gasteiger partial charge in [0, 0.05) is 20.1 Å². The summed E-state index contributed by atoms with van der Waals surface area (Å²) >= 11 is 8.54. The van der Waals surface area contributed by atoms with Crippen molar-refractivity contribution in [1.29, 1.82) is 0 Å². The molecule has 0 bridgehead atoms. The number of thiophene rings is 1. The van der Waals surface area contributed by atoms with Crippen LogP contribution in [0.4, 0.5) is 0 Å². The van der Waals surface area contributed by atoms with Crippen LogP contribution in [0.1, 0.15) is 10.4 Å². The average molecular weight is 392 g/mol. The van der Waals surface area contributed by atoms with Crippen molar-refractivity contribution in [2.24, 2.45) is 0 Å². The molecular weight excluding hydrogens is 380 g/mol. The fraction of sp³-hybridized carbons (Fsp3) is 0.231. The van der Waals surface area contributed by atoms with Crippen molar-refractivity contribution in [3.63, 3.8) is 0 Å². The van der Waals surface area contributed by atoms with Crippen molar-refractivity contribution in [2.75, 3.05) is 7.11 Å². The third-order valence-corrected chi connectivity index (χ3v) is 4.69. The quantitative estimate of drug-likeness (QED) is 0.668. The molecule has 1 aromatic carbocycles. The highest BCUT2D eigenvalue weighted by molar-refractivity contribution is 9.10. The Morgan fingerprint density at radius 1 is 1.22 bits per heavy atom. The molecule has 0 aliphatic heterocycles. The van der Waals surface area contributed by atoms with Gasteiger partial charge in [0.05, 0.1) is 7.11 Å². The Labute approximate surface area is 127 Å². The standard InChI is InChI=1S/C13H12Br2O2S/c1-16-12-3-2-9(6-14)4-13(12)17-7-11-5-10(15)8-18-11/h2-5,8H,6-7H2,1H3. The number of methoxy groups -OCH3 is 1. The molecule has 0 atom stereocenters. The molecule has 96 valence electrons. The number of rotatable bonds is 5. The maximum Gasteiger partial charge on any atom is 0.162 e. The van der Waals surface area contributed by atoms with Crippen LogP contribution in [0.15, 0.2) is 34.1 Å². The van der Waals surface area contributed by atoms with E-state index in [9.17, 15) is 0 Å². The van der Waals surface area contributed by atoms with E-state index in [4.69, 9.17) is 9.47 Å². The zero-order valence-electron chi connectivity index (χ0n) is 9.78. The predicted molar refractivity (Wildman–Crippen MR) is 82.0 cm³/mol. The Morgan fingerprint density at radius 3 is 2.67 bits per heavy atom. The van der Waals surface area contributed by atoms with E-state index in [0.717, 1.165) is 26.9 Å². The molecule has 0 fully saturated rings. The fourth-order valence-corrected chi connectivity index (χ4v) is 3.21. The summed E-state index contributed by atoms with van der Waals surface area (Å²) in [6, 6.07) is 8.00. The monoisotopic (exact) mass is 390 g/mol. The summed E-state index contributed by atoms with van der Waals surface area (Å²) in [6.07, 6.45) is 0. The average Bonchev–Trinajstić information content (AvgIpc) is 2.81. The van der Waals surface area contributed by atoms with Gasteiger partial charge < -0.3 is 9.47 Å². The summed E-state index contributed by atoms with van der Waals surface area (Å²) in [6.45, 7) is 0.554. The van der Waals surface area contributed by atoms with Crippen molar-refractivity contribution in [2.45, 2.75) is 11.9 Å². The molecule has 0 N–H and O–H groups in total. The Balaban J connectivity index is 2.11. The number of hydrogen-bond donors (Lipinski definition) is 0. The van der Waals surface area contributed by atoms with Crippen LogP contribution in [0.25, 0.3) is 0 Å². The molecule has 0 aliphatic rings. The number of hydrogen-bond acceptors (Lipinski definition) is 3. The van der Waals surface area contributed by atoms with Gasteiger partial charge in [0.2, 0.25) is 0 Å². The summed E-state index contributed by atoms with van der Waals surface area (Å²) in [7, 11) is 1.65. The van der Waals surface area contributed by atoms with Gasteiger partial charge in [-0.25, -0.2) is 0 Å². The van der Waals surface area contributed by atoms with Crippen LogP contribution in [0.3, 0.4) is 0 Å². The van der Waals surface area contributed by atoms with E-state index in [-0.39, 0.29) is 0 Å². The number of ether oxygens (including phenoxy) is 2. The Kier molecular flexibility index (Phi) is 5.09. The van der Waals surface area contributed by atoms with Crippen molar-refractivity contribution >= 4 is 43.2 Å². The predicted octanol–water partition coefficient (Wildman–Crippen LogP) is 4.99.